The predicted octanol–water partition coefficient (Wildman–Crippen LogP) is 2.99. The molecule has 1 fully saturated rings. The summed E-state index contributed by atoms with van der Waals surface area (Å²) in [6.45, 7) is 5.35. The summed E-state index contributed by atoms with van der Waals surface area (Å²) in [5.41, 5.74) is 8.44. The highest BCUT2D eigenvalue weighted by atomic mass is 32.3. The Hall–Kier alpha value is -5.84. The first kappa shape index (κ1) is 48.5. The van der Waals surface area contributed by atoms with E-state index in [1.165, 1.54) is 30.3 Å². The van der Waals surface area contributed by atoms with Crippen molar-refractivity contribution in [3.8, 4) is 17.2 Å². The lowest BCUT2D eigenvalue weighted by molar-refractivity contribution is -0.288. The molecule has 0 aromatic heterocycles. The summed E-state index contributed by atoms with van der Waals surface area (Å²) >= 11 is 0. The number of ether oxygens (including phenoxy) is 9. The van der Waals surface area contributed by atoms with Gasteiger partial charge in [-0.2, -0.15) is 0 Å². The van der Waals surface area contributed by atoms with Gasteiger partial charge in [-0.05, 0) is 54.4 Å². The van der Waals surface area contributed by atoms with Crippen LogP contribution in [0, 0.1) is 0 Å². The van der Waals surface area contributed by atoms with E-state index in [2.05, 4.69) is 10.0 Å². The lowest BCUT2D eigenvalue weighted by Gasteiger charge is -2.43. The number of aldehydes is 1. The highest BCUT2D eigenvalue weighted by Crippen LogP contribution is 2.36. The van der Waals surface area contributed by atoms with Gasteiger partial charge in [0.15, 0.2) is 29.5 Å². The van der Waals surface area contributed by atoms with Crippen molar-refractivity contribution in [2.45, 2.75) is 71.2 Å². The molecule has 1 aliphatic rings. The first-order chi connectivity index (χ1) is 28.6. The Balaban J connectivity index is 1.87. The molecule has 0 amide bonds. The van der Waals surface area contributed by atoms with Gasteiger partial charge < -0.3 is 51.0 Å². The number of azide groups is 1. The van der Waals surface area contributed by atoms with Gasteiger partial charge in [0.05, 0.1) is 33.0 Å². The zero-order valence-electron chi connectivity index (χ0n) is 33.1. The molecule has 0 saturated carbocycles. The molecule has 328 valence electrons. The van der Waals surface area contributed by atoms with Crippen LogP contribution in [0.1, 0.15) is 61.3 Å². The van der Waals surface area contributed by atoms with E-state index >= 15 is 0 Å². The average molecular weight is 868 g/mol. The van der Waals surface area contributed by atoms with Crippen LogP contribution in [0.3, 0.4) is 0 Å². The van der Waals surface area contributed by atoms with Crippen LogP contribution in [-0.4, -0.2) is 128 Å². The molecule has 23 heteroatoms. The topological polar surface area (TPSA) is 287 Å². The Labute approximate surface area is 344 Å². The summed E-state index contributed by atoms with van der Waals surface area (Å²) in [5, 5.41) is 3.35. The number of hydrogen-bond donors (Lipinski definition) is 0. The fraction of sp³-hybridized carbons (Fsp3) is 0.514. The van der Waals surface area contributed by atoms with Crippen molar-refractivity contribution in [1.82, 2.24) is 0 Å². The number of carbonyl (C=O) groups is 6. The molecule has 1 unspecified atom stereocenters. The summed E-state index contributed by atoms with van der Waals surface area (Å²) in [4.78, 5) is 75.5. The van der Waals surface area contributed by atoms with E-state index in [1.807, 2.05) is 0 Å². The van der Waals surface area contributed by atoms with Crippen LogP contribution >= 0.6 is 0 Å². The van der Waals surface area contributed by atoms with Crippen LogP contribution in [0.2, 0.25) is 0 Å². The van der Waals surface area contributed by atoms with Crippen molar-refractivity contribution < 1.29 is 88.2 Å². The number of benzene rings is 2. The molecular weight excluding hydrogens is 822 g/mol. The minimum absolute atomic E-state index is 0.0341. The lowest BCUT2D eigenvalue weighted by Crippen LogP contribution is -2.63. The molecule has 2 aromatic rings. The Morgan fingerprint density at radius 2 is 1.35 bits per heavy atom. The molecule has 0 spiro atoms. The lowest BCUT2D eigenvalue weighted by atomic mass is 9.98. The van der Waals surface area contributed by atoms with Gasteiger partial charge in [0.1, 0.15) is 24.7 Å². The first-order valence-electron chi connectivity index (χ1n) is 18.2. The summed E-state index contributed by atoms with van der Waals surface area (Å²) in [6.07, 6.45) is -7.29. The SMILES string of the molecule is CC(=O)OC[C@H]1OC(Oc2ccc(C(=O)CCCOCCOCCOCCN=[N+]=[N-])cc2OS(=O)(=O)Oc2ccc(C=O)cc2)[C@H](OC(C)=O)[C@@H](OC(C)=O)[C@H]1OC(C)=O. The quantitative estimate of drug-likeness (QED) is 0.0192. The van der Waals surface area contributed by atoms with Crippen molar-refractivity contribution in [1.29, 1.82) is 0 Å². The van der Waals surface area contributed by atoms with Crippen molar-refractivity contribution in [3.63, 3.8) is 0 Å². The molecule has 1 heterocycles. The minimum atomic E-state index is -5.01. The molecule has 0 radical (unpaired) electrons. The van der Waals surface area contributed by atoms with Crippen molar-refractivity contribution in [3.05, 3.63) is 64.0 Å². The second-order valence-corrected chi connectivity index (χ2v) is 13.6. The van der Waals surface area contributed by atoms with Crippen LogP contribution in [0.25, 0.3) is 10.4 Å². The monoisotopic (exact) mass is 867 g/mol. The number of nitrogens with zero attached hydrogens (tertiary/aromatic N) is 3. The van der Waals surface area contributed by atoms with Crippen LogP contribution in [0.5, 0.6) is 17.2 Å². The highest BCUT2D eigenvalue weighted by Gasteiger charge is 2.53. The average Bonchev–Trinajstić information content (AvgIpc) is 3.18. The zero-order chi connectivity index (χ0) is 44.1. The number of rotatable bonds is 26. The maximum Gasteiger partial charge on any atom is 0.501 e. The number of hydrogen-bond acceptors (Lipinski definition) is 20. The molecule has 22 nitrogen and oxygen atoms in total. The molecule has 1 aliphatic heterocycles. The number of Topliss-reactive ketones (excluding diaryl/α,β-unsaturated/α-hetero) is 1. The minimum Gasteiger partial charge on any atom is -0.463 e. The summed E-state index contributed by atoms with van der Waals surface area (Å²) in [5.74, 6) is -5.20. The molecule has 0 N–H and O–H groups in total. The second kappa shape index (κ2) is 24.9. The predicted molar refractivity (Wildman–Crippen MR) is 201 cm³/mol. The first-order valence-corrected chi connectivity index (χ1v) is 19.5. The van der Waals surface area contributed by atoms with Crippen molar-refractivity contribution in [2.24, 2.45) is 5.11 Å². The van der Waals surface area contributed by atoms with E-state index in [0.717, 1.165) is 39.8 Å². The summed E-state index contributed by atoms with van der Waals surface area (Å²) < 4.78 is 86.2. The third-order valence-electron chi connectivity index (χ3n) is 7.70. The standard InChI is InChI=1S/C37H45N3O19S/c1-23(42)52-22-33-34(53-24(2)43)35(54-25(3)44)36(55-26(4)45)37(57-33)56-31-12-9-28(20-32(31)59-60(47,48)58-29-10-7-27(21-41)8-11-29)30(46)6-5-14-49-16-18-51-19-17-50-15-13-39-40-38/h7-12,20-21,33-37H,5-6,13-19,22H2,1-4H3/t33-,34+,35+,36-,37?/m1/s1. The smallest absolute Gasteiger partial charge is 0.463 e. The zero-order valence-corrected chi connectivity index (χ0v) is 33.9. The van der Waals surface area contributed by atoms with Gasteiger partial charge in [-0.25, -0.2) is 0 Å². The van der Waals surface area contributed by atoms with Crippen LogP contribution in [0.15, 0.2) is 47.6 Å². The maximum absolute atomic E-state index is 13.3. The van der Waals surface area contributed by atoms with Gasteiger partial charge in [0.25, 0.3) is 0 Å². The van der Waals surface area contributed by atoms with Crippen LogP contribution in [-0.2, 0) is 67.5 Å². The molecule has 0 aliphatic carbocycles. The van der Waals surface area contributed by atoms with Gasteiger partial charge in [-0.3, -0.25) is 28.8 Å². The molecule has 3 rings (SSSR count). The number of esters is 4. The third-order valence-corrected chi connectivity index (χ3v) is 8.48. The highest BCUT2D eigenvalue weighted by molar-refractivity contribution is 7.82. The third kappa shape index (κ3) is 17.2. The molecule has 2 aromatic carbocycles. The molecule has 0 bridgehead atoms. The van der Waals surface area contributed by atoms with E-state index in [-0.39, 0.29) is 62.7 Å². The largest absolute Gasteiger partial charge is 0.501 e. The van der Waals surface area contributed by atoms with Crippen molar-refractivity contribution in [2.75, 3.05) is 52.8 Å². The van der Waals surface area contributed by atoms with Gasteiger partial charge in [0.2, 0.25) is 12.4 Å². The normalized spacial score (nSPS) is 18.5. The number of carbonyl (C=O) groups excluding carboxylic acids is 6. The summed E-state index contributed by atoms with van der Waals surface area (Å²) in [6, 6.07) is 8.45. The fourth-order valence-corrected chi connectivity index (χ4v) is 6.00. The van der Waals surface area contributed by atoms with Crippen LogP contribution in [0.4, 0.5) is 0 Å². The van der Waals surface area contributed by atoms with Crippen LogP contribution < -0.4 is 13.1 Å². The van der Waals surface area contributed by atoms with E-state index in [9.17, 15) is 37.2 Å². The number of ketones is 1. The van der Waals surface area contributed by atoms with Crippen molar-refractivity contribution >= 4 is 46.3 Å². The Bertz CT molecular complexity index is 1940. The maximum atomic E-state index is 13.3. The van der Waals surface area contributed by atoms with Gasteiger partial charge in [-0.15, -0.1) is 8.42 Å². The molecule has 60 heavy (non-hydrogen) atoms. The van der Waals surface area contributed by atoms with Gasteiger partial charge in [-0.1, -0.05) is 5.11 Å². The van der Waals surface area contributed by atoms with Gasteiger partial charge >= 0.3 is 34.3 Å². The fourth-order valence-electron chi connectivity index (χ4n) is 5.27. The Kier molecular flexibility index (Phi) is 20.2. The summed E-state index contributed by atoms with van der Waals surface area (Å²) in [7, 11) is -5.01. The second-order valence-electron chi connectivity index (χ2n) is 12.4. The molecule has 1 saturated heterocycles. The molecule has 5 atom stereocenters. The van der Waals surface area contributed by atoms with E-state index in [1.54, 1.807) is 0 Å². The van der Waals surface area contributed by atoms with E-state index in [0.29, 0.717) is 19.5 Å². The van der Waals surface area contributed by atoms with E-state index in [4.69, 9.17) is 56.5 Å². The Morgan fingerprint density at radius 3 is 1.95 bits per heavy atom. The molecular formula is C37H45N3O19S. The Morgan fingerprint density at radius 1 is 0.750 bits per heavy atom. The van der Waals surface area contributed by atoms with Gasteiger partial charge in [0, 0.05) is 63.3 Å². The van der Waals surface area contributed by atoms with E-state index < -0.39 is 88.9 Å².